The van der Waals surface area contributed by atoms with Gasteiger partial charge in [-0.3, -0.25) is 4.98 Å². The molecule has 98 valence electrons. The van der Waals surface area contributed by atoms with E-state index in [1.165, 1.54) is 11.1 Å². The second-order valence-electron chi connectivity index (χ2n) is 4.17. The van der Waals surface area contributed by atoms with E-state index in [2.05, 4.69) is 69.6 Å². The maximum atomic E-state index is 4.21. The Morgan fingerprint density at radius 2 is 2.00 bits per heavy atom. The van der Waals surface area contributed by atoms with Crippen molar-refractivity contribution < 1.29 is 0 Å². The van der Waals surface area contributed by atoms with Crippen LogP contribution in [0.25, 0.3) is 5.57 Å². The molecule has 0 unspecified atom stereocenters. The van der Waals surface area contributed by atoms with Gasteiger partial charge in [0.05, 0.1) is 0 Å². The van der Waals surface area contributed by atoms with E-state index < -0.39 is 0 Å². The van der Waals surface area contributed by atoms with Gasteiger partial charge in [0.1, 0.15) is 0 Å². The van der Waals surface area contributed by atoms with E-state index in [4.69, 9.17) is 0 Å². The number of pyridine rings is 1. The summed E-state index contributed by atoms with van der Waals surface area (Å²) in [6.07, 6.45) is 5.91. The number of aromatic nitrogens is 1. The second kappa shape index (κ2) is 7.22. The minimum atomic E-state index is 0.858. The average Bonchev–Trinajstić information content (AvgIpc) is 2.46. The third-order valence-corrected chi connectivity index (χ3v) is 3.36. The van der Waals surface area contributed by atoms with E-state index in [9.17, 15) is 0 Å². The number of hydrogen-bond acceptors (Lipinski definition) is 2. The smallest absolute Gasteiger partial charge is 0.0346 e. The van der Waals surface area contributed by atoms with Crippen molar-refractivity contribution in [3.05, 3.63) is 70.5 Å². The van der Waals surface area contributed by atoms with Crippen molar-refractivity contribution in [1.82, 2.24) is 10.3 Å². The maximum absolute atomic E-state index is 4.21. The lowest BCUT2D eigenvalue weighted by atomic mass is 9.99. The molecular weight excluding hydrogens is 300 g/mol. The van der Waals surface area contributed by atoms with E-state index in [1.807, 2.05) is 12.3 Å². The van der Waals surface area contributed by atoms with E-state index in [0.29, 0.717) is 0 Å². The molecule has 0 aliphatic rings. The molecule has 0 amide bonds. The minimum absolute atomic E-state index is 0.858. The fourth-order valence-electron chi connectivity index (χ4n) is 1.87. The Bertz CT molecular complexity index is 532. The van der Waals surface area contributed by atoms with Gasteiger partial charge in [0.2, 0.25) is 0 Å². The van der Waals surface area contributed by atoms with Crippen molar-refractivity contribution in [2.24, 2.45) is 0 Å². The van der Waals surface area contributed by atoms with Gasteiger partial charge in [0, 0.05) is 29.0 Å². The van der Waals surface area contributed by atoms with Gasteiger partial charge in [-0.1, -0.05) is 47.1 Å². The number of nitrogens with one attached hydrogen (secondary N) is 1. The number of halogens is 1. The summed E-state index contributed by atoms with van der Waals surface area (Å²) in [7, 11) is 0. The first-order valence-electron chi connectivity index (χ1n) is 6.38. The first kappa shape index (κ1) is 14.0. The lowest BCUT2D eigenvalue weighted by Gasteiger charge is -2.09. The second-order valence-corrected chi connectivity index (χ2v) is 5.09. The SMILES string of the molecule is CCNC/C=C(/c1ccc(Br)cc1)c1cccnc1. The van der Waals surface area contributed by atoms with Crippen LogP contribution in [0.4, 0.5) is 0 Å². The highest BCUT2D eigenvalue weighted by Gasteiger charge is 2.04. The molecule has 1 heterocycles. The Hall–Kier alpha value is -1.45. The molecule has 1 N–H and O–H groups in total. The van der Waals surface area contributed by atoms with Crippen molar-refractivity contribution in [1.29, 1.82) is 0 Å². The van der Waals surface area contributed by atoms with Crippen LogP contribution in [0.15, 0.2) is 59.3 Å². The van der Waals surface area contributed by atoms with Gasteiger partial charge in [-0.05, 0) is 35.9 Å². The number of rotatable bonds is 5. The third-order valence-electron chi connectivity index (χ3n) is 2.83. The minimum Gasteiger partial charge on any atom is -0.314 e. The van der Waals surface area contributed by atoms with Crippen LogP contribution in [0.2, 0.25) is 0 Å². The topological polar surface area (TPSA) is 24.9 Å². The van der Waals surface area contributed by atoms with E-state index in [-0.39, 0.29) is 0 Å². The van der Waals surface area contributed by atoms with Gasteiger partial charge in [-0.2, -0.15) is 0 Å². The first-order chi connectivity index (χ1) is 9.31. The molecule has 0 radical (unpaired) electrons. The molecule has 0 spiro atoms. The van der Waals surface area contributed by atoms with Gasteiger partial charge in [0.15, 0.2) is 0 Å². The summed E-state index contributed by atoms with van der Waals surface area (Å²) in [5, 5.41) is 3.32. The van der Waals surface area contributed by atoms with E-state index in [1.54, 1.807) is 6.20 Å². The number of benzene rings is 1. The molecule has 0 atom stereocenters. The largest absolute Gasteiger partial charge is 0.314 e. The number of nitrogens with zero attached hydrogens (tertiary/aromatic N) is 1. The predicted molar refractivity (Wildman–Crippen MR) is 84.0 cm³/mol. The van der Waals surface area contributed by atoms with Crippen LogP contribution in [-0.4, -0.2) is 18.1 Å². The zero-order valence-corrected chi connectivity index (χ0v) is 12.5. The molecule has 0 saturated carbocycles. The van der Waals surface area contributed by atoms with Crippen LogP contribution in [-0.2, 0) is 0 Å². The summed E-state index contributed by atoms with van der Waals surface area (Å²) in [4.78, 5) is 4.21. The average molecular weight is 317 g/mol. The summed E-state index contributed by atoms with van der Waals surface area (Å²) in [5.74, 6) is 0. The summed E-state index contributed by atoms with van der Waals surface area (Å²) in [5.41, 5.74) is 3.55. The monoisotopic (exact) mass is 316 g/mol. The van der Waals surface area contributed by atoms with E-state index in [0.717, 1.165) is 23.1 Å². The molecule has 1 aromatic heterocycles. The molecule has 0 aliphatic carbocycles. The van der Waals surface area contributed by atoms with E-state index >= 15 is 0 Å². The summed E-state index contributed by atoms with van der Waals surface area (Å²) in [6, 6.07) is 12.4. The molecule has 0 bridgehead atoms. The fourth-order valence-corrected chi connectivity index (χ4v) is 2.14. The van der Waals surface area contributed by atoms with Crippen molar-refractivity contribution in [3.8, 4) is 0 Å². The van der Waals surface area contributed by atoms with Crippen LogP contribution in [0.3, 0.4) is 0 Å². The standard InChI is InChI=1S/C16H17BrN2/c1-2-18-11-9-16(14-4-3-10-19-12-14)13-5-7-15(17)8-6-13/h3-10,12,18H,2,11H2,1H3/b16-9-. The van der Waals surface area contributed by atoms with Crippen LogP contribution >= 0.6 is 15.9 Å². The predicted octanol–water partition coefficient (Wildman–Crippen LogP) is 3.89. The zero-order valence-electron chi connectivity index (χ0n) is 10.9. The van der Waals surface area contributed by atoms with Crippen molar-refractivity contribution in [2.45, 2.75) is 6.92 Å². The Kier molecular flexibility index (Phi) is 5.31. The van der Waals surface area contributed by atoms with Gasteiger partial charge in [-0.25, -0.2) is 0 Å². The molecule has 1 aromatic carbocycles. The van der Waals surface area contributed by atoms with Crippen LogP contribution in [0.5, 0.6) is 0 Å². The molecule has 2 aromatic rings. The Morgan fingerprint density at radius 3 is 2.63 bits per heavy atom. The van der Waals surface area contributed by atoms with Gasteiger partial charge >= 0.3 is 0 Å². The molecule has 0 saturated heterocycles. The summed E-state index contributed by atoms with van der Waals surface area (Å²) in [6.45, 7) is 3.94. The van der Waals surface area contributed by atoms with Crippen molar-refractivity contribution in [3.63, 3.8) is 0 Å². The zero-order chi connectivity index (χ0) is 13.5. The highest BCUT2D eigenvalue weighted by Crippen LogP contribution is 2.24. The molecule has 0 fully saturated rings. The molecule has 3 heteroatoms. The molecular formula is C16H17BrN2. The Labute approximate surface area is 122 Å². The molecule has 19 heavy (non-hydrogen) atoms. The van der Waals surface area contributed by atoms with Gasteiger partial charge < -0.3 is 5.32 Å². The van der Waals surface area contributed by atoms with Crippen LogP contribution in [0, 0.1) is 0 Å². The summed E-state index contributed by atoms with van der Waals surface area (Å²) < 4.78 is 1.09. The highest BCUT2D eigenvalue weighted by atomic mass is 79.9. The molecule has 2 rings (SSSR count). The lowest BCUT2D eigenvalue weighted by molar-refractivity contribution is 0.800. The van der Waals surface area contributed by atoms with Crippen LogP contribution in [0.1, 0.15) is 18.1 Å². The quantitative estimate of drug-likeness (QED) is 0.847. The van der Waals surface area contributed by atoms with Gasteiger partial charge in [-0.15, -0.1) is 0 Å². The Morgan fingerprint density at radius 1 is 1.21 bits per heavy atom. The van der Waals surface area contributed by atoms with Gasteiger partial charge in [0.25, 0.3) is 0 Å². The highest BCUT2D eigenvalue weighted by molar-refractivity contribution is 9.10. The van der Waals surface area contributed by atoms with Crippen LogP contribution < -0.4 is 5.32 Å². The lowest BCUT2D eigenvalue weighted by Crippen LogP contribution is -2.12. The third kappa shape index (κ3) is 4.01. The van der Waals surface area contributed by atoms with Crippen molar-refractivity contribution in [2.75, 3.05) is 13.1 Å². The molecule has 0 aliphatic heterocycles. The maximum Gasteiger partial charge on any atom is 0.0346 e. The normalized spacial score (nSPS) is 11.6. The molecule has 2 nitrogen and oxygen atoms in total. The number of likely N-dealkylation sites (N-methyl/N-ethyl adjacent to an activating group) is 1. The van der Waals surface area contributed by atoms with Crippen molar-refractivity contribution >= 4 is 21.5 Å². The summed E-state index contributed by atoms with van der Waals surface area (Å²) >= 11 is 3.47. The number of hydrogen-bond donors (Lipinski definition) is 1. The fraction of sp³-hybridized carbons (Fsp3) is 0.188. The Balaban J connectivity index is 2.34. The first-order valence-corrected chi connectivity index (χ1v) is 7.17.